The third-order valence-electron chi connectivity index (χ3n) is 3.15. The Labute approximate surface area is 117 Å². The molecule has 3 aromatic rings. The number of anilines is 1. The molecule has 0 amide bonds. The molecule has 0 saturated heterocycles. The Kier molecular flexibility index (Phi) is 3.37. The van der Waals surface area contributed by atoms with E-state index in [1.54, 1.807) is 0 Å². The summed E-state index contributed by atoms with van der Waals surface area (Å²) in [6.07, 6.45) is 0.869. The van der Waals surface area contributed by atoms with Crippen molar-refractivity contribution >= 4 is 16.8 Å². The zero-order chi connectivity index (χ0) is 13.9. The Morgan fingerprint density at radius 1 is 1.10 bits per heavy atom. The molecule has 0 aliphatic carbocycles. The highest BCUT2D eigenvalue weighted by Gasteiger charge is 2.11. The molecular weight excluding hydrogens is 250 g/mol. The standard InChI is InChI=1S/C16H17N3O/c1-3-12-10-15(17-4-2)19-16(18-12)14-9-11-7-5-6-8-13(11)20-14/h5-10H,3-4H2,1-2H3,(H,17,18,19). The number of nitrogens with one attached hydrogen (secondary N) is 1. The summed E-state index contributed by atoms with van der Waals surface area (Å²) < 4.78 is 5.83. The van der Waals surface area contributed by atoms with Crippen LogP contribution in [0.5, 0.6) is 0 Å². The number of hydrogen-bond donors (Lipinski definition) is 1. The number of aromatic nitrogens is 2. The number of benzene rings is 1. The predicted octanol–water partition coefficient (Wildman–Crippen LogP) is 3.88. The van der Waals surface area contributed by atoms with Crippen LogP contribution >= 0.6 is 0 Å². The molecule has 1 N–H and O–H groups in total. The van der Waals surface area contributed by atoms with Gasteiger partial charge in [0, 0.05) is 23.7 Å². The molecule has 0 radical (unpaired) electrons. The van der Waals surface area contributed by atoms with Gasteiger partial charge in [-0.2, -0.15) is 0 Å². The summed E-state index contributed by atoms with van der Waals surface area (Å²) in [6.45, 7) is 4.97. The third kappa shape index (κ3) is 2.37. The maximum atomic E-state index is 5.83. The van der Waals surface area contributed by atoms with Gasteiger partial charge >= 0.3 is 0 Å². The second-order valence-electron chi connectivity index (χ2n) is 4.60. The molecule has 0 aliphatic heterocycles. The van der Waals surface area contributed by atoms with Crippen LogP contribution in [0, 0.1) is 0 Å². The average molecular weight is 267 g/mol. The van der Waals surface area contributed by atoms with E-state index in [9.17, 15) is 0 Å². The van der Waals surface area contributed by atoms with Gasteiger partial charge in [-0.05, 0) is 25.5 Å². The lowest BCUT2D eigenvalue weighted by Gasteiger charge is -2.06. The highest BCUT2D eigenvalue weighted by Crippen LogP contribution is 2.26. The fraction of sp³-hybridized carbons (Fsp3) is 0.250. The van der Waals surface area contributed by atoms with E-state index in [0.29, 0.717) is 11.6 Å². The molecule has 4 nitrogen and oxygen atoms in total. The van der Waals surface area contributed by atoms with Gasteiger partial charge in [0.15, 0.2) is 11.6 Å². The number of nitrogens with zero attached hydrogens (tertiary/aromatic N) is 2. The largest absolute Gasteiger partial charge is 0.453 e. The monoisotopic (exact) mass is 267 g/mol. The van der Waals surface area contributed by atoms with Crippen LogP contribution in [0.2, 0.25) is 0 Å². The molecule has 4 heteroatoms. The van der Waals surface area contributed by atoms with Crippen molar-refractivity contribution in [1.29, 1.82) is 0 Å². The van der Waals surface area contributed by atoms with E-state index in [2.05, 4.69) is 29.1 Å². The first-order valence-electron chi connectivity index (χ1n) is 6.91. The highest BCUT2D eigenvalue weighted by molar-refractivity contribution is 5.81. The molecule has 1 aromatic carbocycles. The maximum Gasteiger partial charge on any atom is 0.197 e. The summed E-state index contributed by atoms with van der Waals surface area (Å²) in [5.74, 6) is 2.19. The van der Waals surface area contributed by atoms with Crippen LogP contribution in [0.3, 0.4) is 0 Å². The minimum atomic E-state index is 0.636. The Morgan fingerprint density at radius 3 is 2.70 bits per heavy atom. The Bertz CT molecular complexity index is 700. The zero-order valence-electron chi connectivity index (χ0n) is 11.7. The smallest absolute Gasteiger partial charge is 0.197 e. The van der Waals surface area contributed by atoms with E-state index < -0.39 is 0 Å². The van der Waals surface area contributed by atoms with Crippen molar-refractivity contribution in [1.82, 2.24) is 9.97 Å². The Morgan fingerprint density at radius 2 is 1.95 bits per heavy atom. The number of furan rings is 1. The van der Waals surface area contributed by atoms with Gasteiger partial charge in [-0.25, -0.2) is 9.97 Å². The first kappa shape index (κ1) is 12.7. The molecular formula is C16H17N3O. The van der Waals surface area contributed by atoms with E-state index in [1.165, 1.54) is 0 Å². The summed E-state index contributed by atoms with van der Waals surface area (Å²) in [5, 5.41) is 4.30. The first-order chi connectivity index (χ1) is 9.80. The fourth-order valence-electron chi connectivity index (χ4n) is 2.15. The number of aryl methyl sites for hydroxylation is 1. The van der Waals surface area contributed by atoms with Gasteiger partial charge in [-0.3, -0.25) is 0 Å². The second-order valence-corrected chi connectivity index (χ2v) is 4.60. The normalized spacial score (nSPS) is 10.9. The maximum absolute atomic E-state index is 5.83. The van der Waals surface area contributed by atoms with Crippen molar-refractivity contribution in [3.05, 3.63) is 42.1 Å². The topological polar surface area (TPSA) is 51.0 Å². The number of fused-ring (bicyclic) bond motifs is 1. The molecule has 0 bridgehead atoms. The van der Waals surface area contributed by atoms with Gasteiger partial charge in [0.25, 0.3) is 0 Å². The van der Waals surface area contributed by atoms with Crippen LogP contribution in [0.4, 0.5) is 5.82 Å². The minimum Gasteiger partial charge on any atom is -0.453 e. The summed E-state index contributed by atoms with van der Waals surface area (Å²) in [6, 6.07) is 11.9. The van der Waals surface area contributed by atoms with Crippen LogP contribution in [-0.4, -0.2) is 16.5 Å². The van der Waals surface area contributed by atoms with Gasteiger partial charge in [0.1, 0.15) is 11.4 Å². The second kappa shape index (κ2) is 5.33. The van der Waals surface area contributed by atoms with E-state index in [-0.39, 0.29) is 0 Å². The van der Waals surface area contributed by atoms with Gasteiger partial charge in [-0.1, -0.05) is 25.1 Å². The Balaban J connectivity index is 2.09. The van der Waals surface area contributed by atoms with Crippen molar-refractivity contribution in [2.75, 3.05) is 11.9 Å². The number of para-hydroxylation sites is 1. The first-order valence-corrected chi connectivity index (χ1v) is 6.91. The van der Waals surface area contributed by atoms with Crippen molar-refractivity contribution in [3.8, 4) is 11.6 Å². The van der Waals surface area contributed by atoms with Crippen LogP contribution < -0.4 is 5.32 Å². The van der Waals surface area contributed by atoms with Crippen molar-refractivity contribution in [2.45, 2.75) is 20.3 Å². The molecule has 3 rings (SSSR count). The lowest BCUT2D eigenvalue weighted by molar-refractivity contribution is 0.624. The molecule has 0 aliphatic rings. The quantitative estimate of drug-likeness (QED) is 0.779. The lowest BCUT2D eigenvalue weighted by Crippen LogP contribution is -2.03. The van der Waals surface area contributed by atoms with Gasteiger partial charge in [0.05, 0.1) is 0 Å². The summed E-state index contributed by atoms with van der Waals surface area (Å²) in [5.41, 5.74) is 1.87. The fourth-order valence-corrected chi connectivity index (χ4v) is 2.15. The van der Waals surface area contributed by atoms with Gasteiger partial charge < -0.3 is 9.73 Å². The van der Waals surface area contributed by atoms with Crippen molar-refractivity contribution in [3.63, 3.8) is 0 Å². The van der Waals surface area contributed by atoms with Crippen molar-refractivity contribution in [2.24, 2.45) is 0 Å². The van der Waals surface area contributed by atoms with Crippen LogP contribution in [0.25, 0.3) is 22.6 Å². The van der Waals surface area contributed by atoms with E-state index >= 15 is 0 Å². The molecule has 0 unspecified atom stereocenters. The lowest BCUT2D eigenvalue weighted by atomic mass is 10.2. The molecule has 0 saturated carbocycles. The van der Waals surface area contributed by atoms with Gasteiger partial charge in [0.2, 0.25) is 0 Å². The molecule has 102 valence electrons. The van der Waals surface area contributed by atoms with Crippen LogP contribution in [0.15, 0.2) is 40.8 Å². The molecule has 0 atom stereocenters. The molecule has 2 heterocycles. The average Bonchev–Trinajstić information content (AvgIpc) is 2.91. The van der Waals surface area contributed by atoms with E-state index in [4.69, 9.17) is 4.42 Å². The molecule has 2 aromatic heterocycles. The molecule has 20 heavy (non-hydrogen) atoms. The zero-order valence-corrected chi connectivity index (χ0v) is 11.7. The molecule has 0 spiro atoms. The summed E-state index contributed by atoms with van der Waals surface area (Å²) in [4.78, 5) is 9.08. The predicted molar refractivity (Wildman–Crippen MR) is 80.8 cm³/mol. The van der Waals surface area contributed by atoms with Gasteiger partial charge in [-0.15, -0.1) is 0 Å². The summed E-state index contributed by atoms with van der Waals surface area (Å²) >= 11 is 0. The minimum absolute atomic E-state index is 0.636. The Hall–Kier alpha value is -2.36. The van der Waals surface area contributed by atoms with Crippen LogP contribution in [0.1, 0.15) is 19.5 Å². The molecule has 0 fully saturated rings. The SMILES string of the molecule is CCNc1cc(CC)nc(-c2cc3ccccc3o2)n1. The number of rotatable bonds is 4. The third-order valence-corrected chi connectivity index (χ3v) is 3.15. The van der Waals surface area contributed by atoms with E-state index in [1.807, 2.05) is 36.4 Å². The van der Waals surface area contributed by atoms with E-state index in [0.717, 1.165) is 35.4 Å². The number of hydrogen-bond acceptors (Lipinski definition) is 4. The van der Waals surface area contributed by atoms with Crippen LogP contribution in [-0.2, 0) is 6.42 Å². The summed E-state index contributed by atoms with van der Waals surface area (Å²) in [7, 11) is 0. The van der Waals surface area contributed by atoms with Crippen molar-refractivity contribution < 1.29 is 4.42 Å². The highest BCUT2D eigenvalue weighted by atomic mass is 16.3.